The van der Waals surface area contributed by atoms with Crippen molar-refractivity contribution in [3.63, 3.8) is 0 Å². The van der Waals surface area contributed by atoms with E-state index in [1.54, 1.807) is 13.1 Å². The Balaban J connectivity index is 1.83. The molecule has 0 saturated heterocycles. The summed E-state index contributed by atoms with van der Waals surface area (Å²) < 4.78 is 10.4. The molecule has 2 aromatic rings. The van der Waals surface area contributed by atoms with Crippen LogP contribution >= 0.6 is 11.3 Å². The molecule has 6 nitrogen and oxygen atoms in total. The largest absolute Gasteiger partial charge is 0.489 e. The lowest BCUT2D eigenvalue weighted by Crippen LogP contribution is -2.07. The quantitative estimate of drug-likeness (QED) is 0.320. The van der Waals surface area contributed by atoms with E-state index >= 15 is 0 Å². The van der Waals surface area contributed by atoms with Gasteiger partial charge in [0.2, 0.25) is 5.13 Å². The second-order valence-corrected chi connectivity index (χ2v) is 6.17. The van der Waals surface area contributed by atoms with Crippen LogP contribution in [0.4, 0.5) is 5.13 Å². The summed E-state index contributed by atoms with van der Waals surface area (Å²) in [6.07, 6.45) is 1.86. The number of hydrazone groups is 1. The van der Waals surface area contributed by atoms with Crippen LogP contribution < -0.4 is 10.2 Å². The fraction of sp³-hybridized carbons (Fsp3) is 0.278. The molecular formula is C18H21N3O3S. The summed E-state index contributed by atoms with van der Waals surface area (Å²) in [5.41, 5.74) is 5.42. The molecule has 2 rings (SSSR count). The number of hydrogen-bond acceptors (Lipinski definition) is 7. The van der Waals surface area contributed by atoms with Crippen molar-refractivity contribution in [3.05, 3.63) is 53.1 Å². The predicted molar refractivity (Wildman–Crippen MR) is 100 cm³/mol. The number of ether oxygens (including phenoxy) is 2. The maximum absolute atomic E-state index is 11.4. The van der Waals surface area contributed by atoms with Gasteiger partial charge in [-0.3, -0.25) is 10.2 Å². The van der Waals surface area contributed by atoms with E-state index in [0.29, 0.717) is 24.0 Å². The molecule has 0 aliphatic rings. The first-order valence-electron chi connectivity index (χ1n) is 7.83. The number of carbonyl (C=O) groups is 1. The van der Waals surface area contributed by atoms with E-state index in [1.165, 1.54) is 11.3 Å². The number of nitrogens with one attached hydrogen (secondary N) is 1. The highest BCUT2D eigenvalue weighted by Gasteiger charge is 2.07. The van der Waals surface area contributed by atoms with Crippen LogP contribution in [0, 0.1) is 0 Å². The summed E-state index contributed by atoms with van der Waals surface area (Å²) in [6.45, 7) is 8.37. The van der Waals surface area contributed by atoms with Gasteiger partial charge in [-0.1, -0.05) is 6.58 Å². The van der Waals surface area contributed by atoms with E-state index in [0.717, 1.165) is 16.9 Å². The highest BCUT2D eigenvalue weighted by molar-refractivity contribution is 7.13. The van der Waals surface area contributed by atoms with E-state index in [2.05, 4.69) is 22.1 Å². The Morgan fingerprint density at radius 3 is 2.84 bits per heavy atom. The Bertz CT molecular complexity index is 738. The molecule has 0 aliphatic carbocycles. The second kappa shape index (κ2) is 9.58. The summed E-state index contributed by atoms with van der Waals surface area (Å²) in [5.74, 6) is 0.508. The van der Waals surface area contributed by atoms with Gasteiger partial charge in [0.05, 0.1) is 24.9 Å². The molecule has 7 heteroatoms. The van der Waals surface area contributed by atoms with Crippen molar-refractivity contribution in [1.29, 1.82) is 0 Å². The highest BCUT2D eigenvalue weighted by Crippen LogP contribution is 2.16. The molecule has 0 bridgehead atoms. The van der Waals surface area contributed by atoms with Crippen LogP contribution in [0.3, 0.4) is 0 Å². The zero-order chi connectivity index (χ0) is 18.1. The normalized spacial score (nSPS) is 10.6. The van der Waals surface area contributed by atoms with Crippen LogP contribution in [0.15, 0.2) is 46.9 Å². The minimum Gasteiger partial charge on any atom is -0.489 e. The summed E-state index contributed by atoms with van der Waals surface area (Å²) >= 11 is 1.38. The minimum absolute atomic E-state index is 0.168. The number of benzene rings is 1. The zero-order valence-electron chi connectivity index (χ0n) is 14.3. The standard InChI is InChI=1S/C18H21N3O3S/c1-4-23-17(22)9-15-12-25-18(20-15)21-19-10-14-5-7-16(8-6-14)24-11-13(2)3/h5-8,10,12H,2,4,9,11H2,1,3H3,(H,20,21). The number of rotatable bonds is 9. The van der Waals surface area contributed by atoms with Crippen LogP contribution in [0.2, 0.25) is 0 Å². The van der Waals surface area contributed by atoms with E-state index in [4.69, 9.17) is 9.47 Å². The summed E-state index contributed by atoms with van der Waals surface area (Å²) in [5, 5.41) is 6.58. The van der Waals surface area contributed by atoms with Crippen molar-refractivity contribution < 1.29 is 14.3 Å². The van der Waals surface area contributed by atoms with Gasteiger partial charge in [0.25, 0.3) is 0 Å². The molecule has 0 radical (unpaired) electrons. The minimum atomic E-state index is -0.281. The molecule has 0 fully saturated rings. The topological polar surface area (TPSA) is 72.8 Å². The van der Waals surface area contributed by atoms with Crippen LogP contribution in [0.5, 0.6) is 5.75 Å². The smallest absolute Gasteiger partial charge is 0.311 e. The number of hydrogen-bond donors (Lipinski definition) is 1. The second-order valence-electron chi connectivity index (χ2n) is 5.31. The van der Waals surface area contributed by atoms with Crippen LogP contribution in [0.25, 0.3) is 0 Å². The third-order valence-electron chi connectivity index (χ3n) is 2.92. The monoisotopic (exact) mass is 359 g/mol. The Labute approximate surface area is 151 Å². The van der Waals surface area contributed by atoms with E-state index in [1.807, 2.05) is 36.6 Å². The molecule has 0 saturated carbocycles. The number of nitrogens with zero attached hydrogens (tertiary/aromatic N) is 2. The molecule has 0 atom stereocenters. The number of carbonyl (C=O) groups excluding carboxylic acids is 1. The van der Waals surface area contributed by atoms with Crippen molar-refractivity contribution in [1.82, 2.24) is 4.98 Å². The Morgan fingerprint density at radius 1 is 1.40 bits per heavy atom. The Hall–Kier alpha value is -2.67. The van der Waals surface area contributed by atoms with Crippen molar-refractivity contribution in [2.24, 2.45) is 5.10 Å². The maximum Gasteiger partial charge on any atom is 0.311 e. The first-order valence-corrected chi connectivity index (χ1v) is 8.71. The Morgan fingerprint density at radius 2 is 2.16 bits per heavy atom. The number of anilines is 1. The van der Waals surface area contributed by atoms with E-state index < -0.39 is 0 Å². The average molecular weight is 359 g/mol. The van der Waals surface area contributed by atoms with E-state index in [9.17, 15) is 4.79 Å². The third kappa shape index (κ3) is 6.76. The summed E-state index contributed by atoms with van der Waals surface area (Å²) in [4.78, 5) is 15.7. The van der Waals surface area contributed by atoms with Gasteiger partial charge in [0.1, 0.15) is 12.4 Å². The molecule has 1 aromatic heterocycles. The molecule has 25 heavy (non-hydrogen) atoms. The lowest BCUT2D eigenvalue weighted by Gasteiger charge is -2.05. The average Bonchev–Trinajstić information content (AvgIpc) is 3.01. The predicted octanol–water partition coefficient (Wildman–Crippen LogP) is 3.65. The fourth-order valence-electron chi connectivity index (χ4n) is 1.82. The molecule has 132 valence electrons. The molecule has 0 aliphatic heterocycles. The van der Waals surface area contributed by atoms with Gasteiger partial charge in [-0.25, -0.2) is 4.98 Å². The number of aromatic nitrogens is 1. The molecule has 1 heterocycles. The van der Waals surface area contributed by atoms with Crippen molar-refractivity contribution in [2.45, 2.75) is 20.3 Å². The van der Waals surface area contributed by atoms with Crippen molar-refractivity contribution in [3.8, 4) is 5.75 Å². The van der Waals surface area contributed by atoms with E-state index in [-0.39, 0.29) is 12.4 Å². The third-order valence-corrected chi connectivity index (χ3v) is 3.72. The molecule has 0 spiro atoms. The van der Waals surface area contributed by atoms with Gasteiger partial charge in [0.15, 0.2) is 0 Å². The molecule has 1 aromatic carbocycles. The lowest BCUT2D eigenvalue weighted by atomic mass is 10.2. The van der Waals surface area contributed by atoms with Crippen molar-refractivity contribution in [2.75, 3.05) is 18.6 Å². The molecular weight excluding hydrogens is 338 g/mol. The van der Waals surface area contributed by atoms with Crippen molar-refractivity contribution >= 4 is 28.7 Å². The molecule has 1 N–H and O–H groups in total. The summed E-state index contributed by atoms with van der Waals surface area (Å²) in [6, 6.07) is 7.58. The van der Waals surface area contributed by atoms with Crippen LogP contribution in [-0.2, 0) is 16.0 Å². The fourth-order valence-corrected chi connectivity index (χ4v) is 2.48. The number of esters is 1. The zero-order valence-corrected chi connectivity index (χ0v) is 15.1. The first-order chi connectivity index (χ1) is 12.1. The first kappa shape index (κ1) is 18.7. The van der Waals surface area contributed by atoms with Gasteiger partial charge in [-0.15, -0.1) is 11.3 Å². The summed E-state index contributed by atoms with van der Waals surface area (Å²) in [7, 11) is 0. The van der Waals surface area contributed by atoms with Gasteiger partial charge in [0, 0.05) is 5.38 Å². The van der Waals surface area contributed by atoms with Crippen LogP contribution in [0.1, 0.15) is 25.1 Å². The van der Waals surface area contributed by atoms with Gasteiger partial charge >= 0.3 is 5.97 Å². The molecule has 0 amide bonds. The van der Waals surface area contributed by atoms with Gasteiger partial charge < -0.3 is 9.47 Å². The highest BCUT2D eigenvalue weighted by atomic mass is 32.1. The lowest BCUT2D eigenvalue weighted by molar-refractivity contribution is -0.142. The SMILES string of the molecule is C=C(C)COc1ccc(C=NNc2nc(CC(=O)OCC)cs2)cc1. The van der Waals surface area contributed by atoms with Crippen LogP contribution in [-0.4, -0.2) is 30.4 Å². The van der Waals surface area contributed by atoms with Gasteiger partial charge in [-0.05, 0) is 49.2 Å². The maximum atomic E-state index is 11.4. The molecule has 0 unspecified atom stereocenters. The Kier molecular flexibility index (Phi) is 7.16. The number of thiazole rings is 1. The van der Waals surface area contributed by atoms with Gasteiger partial charge in [-0.2, -0.15) is 5.10 Å².